The highest BCUT2D eigenvalue weighted by Gasteiger charge is 2.07. The third-order valence-electron chi connectivity index (χ3n) is 1.95. The SMILES string of the molecule is CCOC(Cc1ccccc1)OCC. The molecule has 0 aliphatic heterocycles. The van der Waals surface area contributed by atoms with Crippen molar-refractivity contribution in [1.82, 2.24) is 0 Å². The Kier molecular flexibility index (Phi) is 5.27. The molecule has 2 heteroatoms. The molecule has 2 nitrogen and oxygen atoms in total. The lowest BCUT2D eigenvalue weighted by Crippen LogP contribution is -2.20. The molecule has 0 aromatic heterocycles. The molecule has 0 fully saturated rings. The van der Waals surface area contributed by atoms with E-state index in [1.54, 1.807) is 0 Å². The van der Waals surface area contributed by atoms with Crippen LogP contribution in [0.2, 0.25) is 0 Å². The molecule has 0 aliphatic carbocycles. The van der Waals surface area contributed by atoms with Crippen LogP contribution in [0.15, 0.2) is 30.3 Å². The van der Waals surface area contributed by atoms with Gasteiger partial charge in [-0.2, -0.15) is 0 Å². The highest BCUT2D eigenvalue weighted by Crippen LogP contribution is 2.07. The first-order valence-corrected chi connectivity index (χ1v) is 5.14. The summed E-state index contributed by atoms with van der Waals surface area (Å²) in [5, 5.41) is 0. The lowest BCUT2D eigenvalue weighted by molar-refractivity contribution is -0.134. The van der Waals surface area contributed by atoms with E-state index >= 15 is 0 Å². The number of hydrogen-bond donors (Lipinski definition) is 0. The fraction of sp³-hybridized carbons (Fsp3) is 0.500. The maximum absolute atomic E-state index is 5.46. The van der Waals surface area contributed by atoms with Crippen LogP contribution in [-0.2, 0) is 15.9 Å². The molecule has 1 aromatic carbocycles. The summed E-state index contributed by atoms with van der Waals surface area (Å²) < 4.78 is 10.9. The number of benzene rings is 1. The van der Waals surface area contributed by atoms with Crippen molar-refractivity contribution in [2.24, 2.45) is 0 Å². The topological polar surface area (TPSA) is 18.5 Å². The standard InChI is InChI=1S/C12H18O2/c1-3-13-12(14-4-2)10-11-8-6-5-7-9-11/h5-9,12H,3-4,10H2,1-2H3. The second-order valence-electron chi connectivity index (χ2n) is 3.03. The molecule has 0 unspecified atom stereocenters. The molecule has 0 bridgehead atoms. The van der Waals surface area contributed by atoms with E-state index in [9.17, 15) is 0 Å². The van der Waals surface area contributed by atoms with Gasteiger partial charge in [-0.1, -0.05) is 30.3 Å². The molecule has 0 N–H and O–H groups in total. The van der Waals surface area contributed by atoms with Gasteiger partial charge in [0.15, 0.2) is 6.29 Å². The van der Waals surface area contributed by atoms with Crippen LogP contribution in [0.4, 0.5) is 0 Å². The van der Waals surface area contributed by atoms with Gasteiger partial charge in [0, 0.05) is 19.6 Å². The summed E-state index contributed by atoms with van der Waals surface area (Å²) in [6.45, 7) is 5.35. The zero-order chi connectivity index (χ0) is 10.2. The van der Waals surface area contributed by atoms with E-state index in [1.807, 2.05) is 32.0 Å². The molecule has 1 rings (SSSR count). The van der Waals surface area contributed by atoms with E-state index in [-0.39, 0.29) is 6.29 Å². The van der Waals surface area contributed by atoms with E-state index in [4.69, 9.17) is 9.47 Å². The maximum Gasteiger partial charge on any atom is 0.161 e. The van der Waals surface area contributed by atoms with Gasteiger partial charge in [0.25, 0.3) is 0 Å². The normalized spacial score (nSPS) is 10.8. The summed E-state index contributed by atoms with van der Waals surface area (Å²) >= 11 is 0. The molecular weight excluding hydrogens is 176 g/mol. The predicted molar refractivity (Wildman–Crippen MR) is 57.2 cm³/mol. The number of hydrogen-bond acceptors (Lipinski definition) is 2. The van der Waals surface area contributed by atoms with Crippen LogP contribution >= 0.6 is 0 Å². The predicted octanol–water partition coefficient (Wildman–Crippen LogP) is 2.63. The third-order valence-corrected chi connectivity index (χ3v) is 1.95. The average Bonchev–Trinajstić information content (AvgIpc) is 2.20. The van der Waals surface area contributed by atoms with Crippen molar-refractivity contribution in [2.45, 2.75) is 26.6 Å². The van der Waals surface area contributed by atoms with Crippen LogP contribution in [0.25, 0.3) is 0 Å². The molecule has 14 heavy (non-hydrogen) atoms. The summed E-state index contributed by atoms with van der Waals surface area (Å²) in [6.07, 6.45) is 0.718. The average molecular weight is 194 g/mol. The lowest BCUT2D eigenvalue weighted by Gasteiger charge is -2.16. The minimum atomic E-state index is -0.104. The summed E-state index contributed by atoms with van der Waals surface area (Å²) in [7, 11) is 0. The first-order chi connectivity index (χ1) is 6.86. The Morgan fingerprint density at radius 1 is 1.00 bits per heavy atom. The van der Waals surface area contributed by atoms with Crippen LogP contribution in [0.1, 0.15) is 19.4 Å². The van der Waals surface area contributed by atoms with Crippen molar-refractivity contribution >= 4 is 0 Å². The molecule has 1 aromatic rings. The van der Waals surface area contributed by atoms with Gasteiger partial charge in [-0.15, -0.1) is 0 Å². The van der Waals surface area contributed by atoms with Gasteiger partial charge in [-0.25, -0.2) is 0 Å². The van der Waals surface area contributed by atoms with Crippen molar-refractivity contribution in [3.05, 3.63) is 35.9 Å². The minimum Gasteiger partial charge on any atom is -0.353 e. The Morgan fingerprint density at radius 3 is 2.07 bits per heavy atom. The molecule has 0 spiro atoms. The molecule has 0 atom stereocenters. The molecule has 0 aliphatic rings. The maximum atomic E-state index is 5.46. The van der Waals surface area contributed by atoms with Gasteiger partial charge in [-0.3, -0.25) is 0 Å². The van der Waals surface area contributed by atoms with Crippen molar-refractivity contribution in [3.8, 4) is 0 Å². The van der Waals surface area contributed by atoms with E-state index in [0.717, 1.165) is 6.42 Å². The second-order valence-corrected chi connectivity index (χ2v) is 3.03. The zero-order valence-corrected chi connectivity index (χ0v) is 8.90. The first kappa shape index (κ1) is 11.2. The first-order valence-electron chi connectivity index (χ1n) is 5.14. The van der Waals surface area contributed by atoms with Gasteiger partial charge < -0.3 is 9.47 Å². The Balaban J connectivity index is 2.46. The van der Waals surface area contributed by atoms with E-state index < -0.39 is 0 Å². The Morgan fingerprint density at radius 2 is 1.57 bits per heavy atom. The summed E-state index contributed by atoms with van der Waals surface area (Å²) in [4.78, 5) is 0. The molecule has 0 amide bonds. The van der Waals surface area contributed by atoms with Crippen LogP contribution < -0.4 is 0 Å². The zero-order valence-electron chi connectivity index (χ0n) is 8.90. The molecule has 0 heterocycles. The van der Waals surface area contributed by atoms with Crippen LogP contribution in [0, 0.1) is 0 Å². The second kappa shape index (κ2) is 6.57. The van der Waals surface area contributed by atoms with Gasteiger partial charge in [0.2, 0.25) is 0 Å². The fourth-order valence-corrected chi connectivity index (χ4v) is 1.34. The molecular formula is C12H18O2. The smallest absolute Gasteiger partial charge is 0.161 e. The summed E-state index contributed by atoms with van der Waals surface area (Å²) in [6, 6.07) is 10.3. The van der Waals surface area contributed by atoms with E-state index in [1.165, 1.54) is 5.56 Å². The highest BCUT2D eigenvalue weighted by atomic mass is 16.7. The lowest BCUT2D eigenvalue weighted by atomic mass is 10.1. The van der Waals surface area contributed by atoms with Crippen molar-refractivity contribution in [2.75, 3.05) is 13.2 Å². The van der Waals surface area contributed by atoms with Gasteiger partial charge in [0.05, 0.1) is 0 Å². The van der Waals surface area contributed by atoms with Gasteiger partial charge in [0.1, 0.15) is 0 Å². The molecule has 0 saturated carbocycles. The van der Waals surface area contributed by atoms with Gasteiger partial charge >= 0.3 is 0 Å². The summed E-state index contributed by atoms with van der Waals surface area (Å²) in [5.41, 5.74) is 1.25. The summed E-state index contributed by atoms with van der Waals surface area (Å²) in [5.74, 6) is 0. The minimum absolute atomic E-state index is 0.104. The Hall–Kier alpha value is -0.860. The van der Waals surface area contributed by atoms with Crippen molar-refractivity contribution in [3.63, 3.8) is 0 Å². The van der Waals surface area contributed by atoms with Crippen LogP contribution in [0.3, 0.4) is 0 Å². The fourth-order valence-electron chi connectivity index (χ4n) is 1.34. The van der Waals surface area contributed by atoms with E-state index in [2.05, 4.69) is 12.1 Å². The number of ether oxygens (including phenoxy) is 2. The Bertz CT molecular complexity index is 227. The Labute approximate surface area is 85.8 Å². The van der Waals surface area contributed by atoms with Gasteiger partial charge in [-0.05, 0) is 19.4 Å². The van der Waals surface area contributed by atoms with E-state index in [0.29, 0.717) is 13.2 Å². The van der Waals surface area contributed by atoms with Crippen molar-refractivity contribution in [1.29, 1.82) is 0 Å². The van der Waals surface area contributed by atoms with Crippen molar-refractivity contribution < 1.29 is 9.47 Å². The molecule has 0 saturated heterocycles. The van der Waals surface area contributed by atoms with Crippen LogP contribution in [-0.4, -0.2) is 19.5 Å². The van der Waals surface area contributed by atoms with Crippen LogP contribution in [0.5, 0.6) is 0 Å². The monoisotopic (exact) mass is 194 g/mol. The largest absolute Gasteiger partial charge is 0.353 e. The number of rotatable bonds is 6. The quantitative estimate of drug-likeness (QED) is 0.648. The molecule has 0 radical (unpaired) electrons. The highest BCUT2D eigenvalue weighted by molar-refractivity contribution is 5.14. The third kappa shape index (κ3) is 3.90. The molecule has 78 valence electrons.